The van der Waals surface area contributed by atoms with Crippen LogP contribution in [-0.4, -0.2) is 29.6 Å². The van der Waals surface area contributed by atoms with E-state index in [1.165, 1.54) is 48.7 Å². The number of rotatable bonds is 8. The Morgan fingerprint density at radius 1 is 1.12 bits per heavy atom. The molecule has 0 aromatic heterocycles. The number of nitro benzene ring substituents is 1. The van der Waals surface area contributed by atoms with Gasteiger partial charge in [0.05, 0.1) is 21.3 Å². The highest BCUT2D eigenvalue weighted by atomic mass is 79.9. The van der Waals surface area contributed by atoms with Gasteiger partial charge in [-0.2, -0.15) is 5.10 Å². The molecule has 0 atom stereocenters. The Kier molecular flexibility index (Phi) is 7.82. The van der Waals surface area contributed by atoms with Crippen LogP contribution in [0.15, 0.2) is 76.3 Å². The number of nitrogens with one attached hydrogen (secondary N) is 2. The van der Waals surface area contributed by atoms with Gasteiger partial charge in [0.15, 0.2) is 6.61 Å². The molecule has 9 nitrogen and oxygen atoms in total. The van der Waals surface area contributed by atoms with Crippen LogP contribution >= 0.6 is 15.9 Å². The summed E-state index contributed by atoms with van der Waals surface area (Å²) in [5.74, 6) is -1.21. The second-order valence-electron chi connectivity index (χ2n) is 6.51. The van der Waals surface area contributed by atoms with Gasteiger partial charge >= 0.3 is 0 Å². The van der Waals surface area contributed by atoms with Crippen LogP contribution in [0.4, 0.5) is 15.8 Å². The molecule has 2 amide bonds. The number of ether oxygens (including phenoxy) is 1. The van der Waals surface area contributed by atoms with E-state index in [0.717, 1.165) is 0 Å². The first-order valence-electron chi connectivity index (χ1n) is 9.38. The van der Waals surface area contributed by atoms with Crippen molar-refractivity contribution in [2.75, 3.05) is 11.9 Å². The number of hydrazone groups is 1. The fourth-order valence-corrected chi connectivity index (χ4v) is 3.08. The summed E-state index contributed by atoms with van der Waals surface area (Å²) in [4.78, 5) is 34.1. The van der Waals surface area contributed by atoms with E-state index in [1.54, 1.807) is 24.3 Å². The molecule has 0 spiro atoms. The van der Waals surface area contributed by atoms with Crippen molar-refractivity contribution in [3.63, 3.8) is 0 Å². The second-order valence-corrected chi connectivity index (χ2v) is 7.36. The molecule has 0 saturated carbocycles. The molecule has 3 aromatic rings. The number of amides is 2. The van der Waals surface area contributed by atoms with E-state index in [9.17, 15) is 24.1 Å². The first-order valence-corrected chi connectivity index (χ1v) is 10.2. The van der Waals surface area contributed by atoms with E-state index in [0.29, 0.717) is 15.8 Å². The predicted molar refractivity (Wildman–Crippen MR) is 123 cm³/mol. The lowest BCUT2D eigenvalue weighted by molar-refractivity contribution is -0.384. The molecule has 0 heterocycles. The van der Waals surface area contributed by atoms with E-state index in [-0.39, 0.29) is 23.5 Å². The van der Waals surface area contributed by atoms with E-state index in [1.807, 2.05) is 0 Å². The number of carbonyl (C=O) groups is 2. The zero-order chi connectivity index (χ0) is 23.8. The van der Waals surface area contributed by atoms with E-state index in [4.69, 9.17) is 4.74 Å². The van der Waals surface area contributed by atoms with Crippen molar-refractivity contribution in [1.29, 1.82) is 0 Å². The topological polar surface area (TPSA) is 123 Å². The van der Waals surface area contributed by atoms with E-state index >= 15 is 0 Å². The molecule has 11 heteroatoms. The summed E-state index contributed by atoms with van der Waals surface area (Å²) in [5.41, 5.74) is 3.11. The smallest absolute Gasteiger partial charge is 0.271 e. The highest BCUT2D eigenvalue weighted by molar-refractivity contribution is 9.10. The van der Waals surface area contributed by atoms with Gasteiger partial charge in [-0.1, -0.05) is 12.1 Å². The minimum absolute atomic E-state index is 0.0625. The number of anilines is 1. The van der Waals surface area contributed by atoms with Crippen LogP contribution in [0.3, 0.4) is 0 Å². The zero-order valence-corrected chi connectivity index (χ0v) is 18.4. The Balaban J connectivity index is 1.52. The molecular weight excluding hydrogens is 499 g/mol. The highest BCUT2D eigenvalue weighted by Crippen LogP contribution is 2.25. The number of nitro groups is 1. The Morgan fingerprint density at radius 3 is 2.52 bits per heavy atom. The van der Waals surface area contributed by atoms with E-state index in [2.05, 4.69) is 31.8 Å². The summed E-state index contributed by atoms with van der Waals surface area (Å²) in [6, 6.07) is 15.8. The summed E-state index contributed by atoms with van der Waals surface area (Å²) < 4.78 is 19.6. The molecule has 3 aromatic carbocycles. The Hall–Kier alpha value is -4.12. The average Bonchev–Trinajstić information content (AvgIpc) is 2.80. The maximum absolute atomic E-state index is 13.6. The van der Waals surface area contributed by atoms with Crippen LogP contribution in [0.2, 0.25) is 0 Å². The quantitative estimate of drug-likeness (QED) is 0.264. The summed E-state index contributed by atoms with van der Waals surface area (Å²) in [6.45, 7) is -0.328. The van der Waals surface area contributed by atoms with Gasteiger partial charge < -0.3 is 10.1 Å². The van der Waals surface area contributed by atoms with Crippen molar-refractivity contribution in [2.24, 2.45) is 5.10 Å². The van der Waals surface area contributed by atoms with Gasteiger partial charge in [-0.05, 0) is 64.0 Å². The fraction of sp³-hybridized carbons (Fsp3) is 0.0455. The molecule has 0 radical (unpaired) electrons. The van der Waals surface area contributed by atoms with Crippen LogP contribution in [-0.2, 0) is 4.79 Å². The molecule has 168 valence electrons. The van der Waals surface area contributed by atoms with Crippen LogP contribution in [0.5, 0.6) is 5.75 Å². The van der Waals surface area contributed by atoms with Crippen LogP contribution in [0.1, 0.15) is 15.9 Å². The number of nitrogens with zero attached hydrogens (tertiary/aromatic N) is 2. The lowest BCUT2D eigenvalue weighted by Crippen LogP contribution is -2.20. The average molecular weight is 515 g/mol. The number of para-hydroxylation sites is 1. The van der Waals surface area contributed by atoms with E-state index < -0.39 is 22.6 Å². The Labute approximate surface area is 195 Å². The molecule has 0 aliphatic heterocycles. The standard InChI is InChI=1S/C22H16BrFN4O5/c23-17-11-14(12-25-27-22(30)15-6-8-16(9-7-15)28(31)32)5-10-20(17)33-13-21(29)26-19-4-2-1-3-18(19)24/h1-12H,13H2,(H,26,29)(H,27,30)/b25-12+. The minimum Gasteiger partial charge on any atom is -0.483 e. The normalized spacial score (nSPS) is 10.6. The first-order chi connectivity index (χ1) is 15.8. The Morgan fingerprint density at radius 2 is 1.85 bits per heavy atom. The SMILES string of the molecule is O=C(COc1ccc(/C=N/NC(=O)c2ccc([N+](=O)[O-])cc2)cc1Br)Nc1ccccc1F. The van der Waals surface area contributed by atoms with Crippen molar-refractivity contribution in [1.82, 2.24) is 5.43 Å². The Bertz CT molecular complexity index is 1220. The molecule has 3 rings (SSSR count). The van der Waals surface area contributed by atoms with Crippen molar-refractivity contribution < 1.29 is 23.6 Å². The number of hydrogen-bond donors (Lipinski definition) is 2. The summed E-state index contributed by atoms with van der Waals surface area (Å²) in [7, 11) is 0. The highest BCUT2D eigenvalue weighted by Gasteiger charge is 2.10. The monoisotopic (exact) mass is 514 g/mol. The lowest BCUT2D eigenvalue weighted by atomic mass is 10.2. The largest absolute Gasteiger partial charge is 0.483 e. The molecule has 0 unspecified atom stereocenters. The molecule has 0 bridgehead atoms. The minimum atomic E-state index is -0.555. The third-order valence-electron chi connectivity index (χ3n) is 4.18. The van der Waals surface area contributed by atoms with Crippen molar-refractivity contribution in [3.8, 4) is 5.75 Å². The molecule has 0 aliphatic carbocycles. The molecule has 0 saturated heterocycles. The van der Waals surface area contributed by atoms with Crippen molar-refractivity contribution >= 4 is 45.3 Å². The van der Waals surface area contributed by atoms with Gasteiger partial charge in [-0.15, -0.1) is 0 Å². The van der Waals surface area contributed by atoms with Crippen LogP contribution in [0.25, 0.3) is 0 Å². The van der Waals surface area contributed by atoms with Crippen LogP contribution < -0.4 is 15.5 Å². The number of carbonyl (C=O) groups excluding carboxylic acids is 2. The van der Waals surface area contributed by atoms with Crippen molar-refractivity contribution in [3.05, 3.63) is 98.3 Å². The first kappa shape index (κ1) is 23.5. The van der Waals surface area contributed by atoms with Gasteiger partial charge in [-0.25, -0.2) is 9.82 Å². The maximum atomic E-state index is 13.6. The lowest BCUT2D eigenvalue weighted by Gasteiger charge is -2.10. The zero-order valence-electron chi connectivity index (χ0n) is 16.8. The van der Waals surface area contributed by atoms with Gasteiger partial charge in [0.1, 0.15) is 11.6 Å². The fourth-order valence-electron chi connectivity index (χ4n) is 2.57. The number of benzene rings is 3. The molecule has 0 fully saturated rings. The summed E-state index contributed by atoms with van der Waals surface area (Å²) in [6.07, 6.45) is 1.39. The molecule has 2 N–H and O–H groups in total. The van der Waals surface area contributed by atoms with Gasteiger partial charge in [-0.3, -0.25) is 19.7 Å². The predicted octanol–water partition coefficient (Wildman–Crippen LogP) is 4.28. The third-order valence-corrected chi connectivity index (χ3v) is 4.80. The molecule has 0 aliphatic rings. The molecule has 33 heavy (non-hydrogen) atoms. The van der Waals surface area contributed by atoms with Crippen molar-refractivity contribution in [2.45, 2.75) is 0 Å². The van der Waals surface area contributed by atoms with Gasteiger partial charge in [0.2, 0.25) is 0 Å². The van der Waals surface area contributed by atoms with Gasteiger partial charge in [0.25, 0.3) is 17.5 Å². The van der Waals surface area contributed by atoms with Crippen LogP contribution in [0, 0.1) is 15.9 Å². The summed E-state index contributed by atoms with van der Waals surface area (Å²) in [5, 5.41) is 16.9. The third kappa shape index (κ3) is 6.68. The molecular formula is C22H16BrFN4O5. The second kappa shape index (κ2) is 11.0. The maximum Gasteiger partial charge on any atom is 0.271 e. The van der Waals surface area contributed by atoms with Gasteiger partial charge in [0, 0.05) is 17.7 Å². The number of halogens is 2. The number of non-ortho nitro benzene ring substituents is 1. The summed E-state index contributed by atoms with van der Waals surface area (Å²) >= 11 is 3.33. The number of hydrogen-bond acceptors (Lipinski definition) is 6.